The largest absolute Gasteiger partial charge is 0.505 e. The third-order valence-corrected chi connectivity index (χ3v) is 4.21. The Morgan fingerprint density at radius 3 is 1.95 bits per heavy atom. The number of aromatic nitrogens is 1. The van der Waals surface area contributed by atoms with Crippen LogP contribution in [0.25, 0.3) is 0 Å². The normalized spacial score (nSPS) is 10.7. The van der Waals surface area contributed by atoms with Crippen LogP contribution >= 0.6 is 0 Å². The van der Waals surface area contributed by atoms with E-state index in [1.54, 1.807) is 10.8 Å². The molecule has 1 rings (SSSR count). The summed E-state index contributed by atoms with van der Waals surface area (Å²) in [5, 5.41) is 18.4. The first-order chi connectivity index (χ1) is 10.7. The Bertz CT molecular complexity index is 460. The second kappa shape index (κ2) is 11.0. The van der Waals surface area contributed by atoms with Gasteiger partial charge in [-0.2, -0.15) is 5.26 Å². The molecule has 0 saturated heterocycles. The number of nitrogen functional groups attached to an aromatic ring is 1. The van der Waals surface area contributed by atoms with E-state index >= 15 is 0 Å². The first-order valence-electron chi connectivity index (χ1n) is 8.78. The number of hydrogen-bond donors (Lipinski definition) is 2. The second-order valence-electron chi connectivity index (χ2n) is 6.12. The van der Waals surface area contributed by atoms with Crippen molar-refractivity contribution in [2.75, 3.05) is 5.73 Å². The number of unbranched alkanes of at least 4 members (excludes halogenated alkanes) is 10. The third-order valence-electron chi connectivity index (χ3n) is 4.21. The van der Waals surface area contributed by atoms with Gasteiger partial charge in [0.2, 0.25) is 0 Å². The fourth-order valence-corrected chi connectivity index (χ4v) is 2.80. The van der Waals surface area contributed by atoms with Crippen LogP contribution in [0.3, 0.4) is 0 Å². The lowest BCUT2D eigenvalue weighted by atomic mass is 10.1. The van der Waals surface area contributed by atoms with Crippen molar-refractivity contribution in [1.82, 2.24) is 4.57 Å². The lowest BCUT2D eigenvalue weighted by Crippen LogP contribution is -2.02. The average molecular weight is 305 g/mol. The Hall–Kier alpha value is -1.63. The molecule has 1 aromatic heterocycles. The molecular formula is C18H31N3O. The molecule has 0 aromatic carbocycles. The highest BCUT2D eigenvalue weighted by molar-refractivity contribution is 5.58. The van der Waals surface area contributed by atoms with Crippen molar-refractivity contribution >= 4 is 5.82 Å². The van der Waals surface area contributed by atoms with Gasteiger partial charge in [0.1, 0.15) is 17.5 Å². The topological polar surface area (TPSA) is 75.0 Å². The minimum atomic E-state index is -0.0110. The highest BCUT2D eigenvalue weighted by atomic mass is 16.3. The van der Waals surface area contributed by atoms with Crippen molar-refractivity contribution in [1.29, 1.82) is 5.26 Å². The van der Waals surface area contributed by atoms with Gasteiger partial charge >= 0.3 is 0 Å². The van der Waals surface area contributed by atoms with Crippen LogP contribution in [-0.4, -0.2) is 9.67 Å². The Labute approximate surface area is 134 Å². The maximum Gasteiger partial charge on any atom is 0.153 e. The van der Waals surface area contributed by atoms with Crippen molar-refractivity contribution in [3.8, 4) is 11.8 Å². The van der Waals surface area contributed by atoms with Crippen LogP contribution in [0.5, 0.6) is 5.75 Å². The van der Waals surface area contributed by atoms with Crippen LogP contribution < -0.4 is 5.73 Å². The molecule has 22 heavy (non-hydrogen) atoms. The summed E-state index contributed by atoms with van der Waals surface area (Å²) in [5.74, 6) is 0.371. The maximum atomic E-state index is 9.57. The Morgan fingerprint density at radius 2 is 1.50 bits per heavy atom. The lowest BCUT2D eigenvalue weighted by Gasteiger charge is -2.05. The second-order valence-corrected chi connectivity index (χ2v) is 6.12. The zero-order chi connectivity index (χ0) is 16.2. The molecule has 0 fully saturated rings. The molecule has 124 valence electrons. The van der Waals surface area contributed by atoms with Gasteiger partial charge in [0, 0.05) is 12.7 Å². The number of nitrogens with two attached hydrogens (primary N) is 1. The minimum Gasteiger partial charge on any atom is -0.505 e. The molecule has 4 heteroatoms. The van der Waals surface area contributed by atoms with Crippen molar-refractivity contribution in [2.45, 2.75) is 84.1 Å². The van der Waals surface area contributed by atoms with Gasteiger partial charge in [-0.3, -0.25) is 0 Å². The smallest absolute Gasteiger partial charge is 0.153 e. The van der Waals surface area contributed by atoms with Gasteiger partial charge in [0.05, 0.1) is 0 Å². The monoisotopic (exact) mass is 305 g/mol. The maximum absolute atomic E-state index is 9.57. The number of rotatable bonds is 12. The molecular weight excluding hydrogens is 274 g/mol. The first kappa shape index (κ1) is 18.4. The van der Waals surface area contributed by atoms with Crippen LogP contribution in [-0.2, 0) is 6.54 Å². The van der Waals surface area contributed by atoms with Gasteiger partial charge in [-0.1, -0.05) is 71.1 Å². The number of hydrogen-bond acceptors (Lipinski definition) is 3. The molecule has 1 aromatic rings. The number of aryl methyl sites for hydroxylation is 1. The fourth-order valence-electron chi connectivity index (χ4n) is 2.80. The molecule has 0 aliphatic rings. The molecule has 0 bridgehead atoms. The molecule has 0 saturated carbocycles. The summed E-state index contributed by atoms with van der Waals surface area (Å²) in [5.41, 5.74) is 6.02. The summed E-state index contributed by atoms with van der Waals surface area (Å²) in [6.07, 6.45) is 15.9. The molecule has 3 N–H and O–H groups in total. The van der Waals surface area contributed by atoms with Gasteiger partial charge in [0.15, 0.2) is 5.75 Å². The molecule has 0 aliphatic carbocycles. The summed E-state index contributed by atoms with van der Waals surface area (Å²) in [6, 6.07) is 1.93. The molecule has 1 heterocycles. The van der Waals surface area contributed by atoms with Crippen LogP contribution in [0.15, 0.2) is 6.20 Å². The van der Waals surface area contributed by atoms with Crippen LogP contribution in [0, 0.1) is 11.3 Å². The van der Waals surface area contributed by atoms with E-state index in [0.29, 0.717) is 5.82 Å². The van der Waals surface area contributed by atoms with E-state index in [-0.39, 0.29) is 11.3 Å². The molecule has 0 radical (unpaired) electrons. The summed E-state index contributed by atoms with van der Waals surface area (Å²) >= 11 is 0. The first-order valence-corrected chi connectivity index (χ1v) is 8.78. The zero-order valence-electron chi connectivity index (χ0n) is 14.0. The Kier molecular flexibility index (Phi) is 9.21. The van der Waals surface area contributed by atoms with E-state index in [2.05, 4.69) is 6.92 Å². The molecule has 4 nitrogen and oxygen atoms in total. The van der Waals surface area contributed by atoms with E-state index < -0.39 is 0 Å². The van der Waals surface area contributed by atoms with Crippen molar-refractivity contribution < 1.29 is 5.11 Å². The molecule has 0 aliphatic heterocycles. The fraction of sp³-hybridized carbons (Fsp3) is 0.722. The summed E-state index contributed by atoms with van der Waals surface area (Å²) in [7, 11) is 0. The summed E-state index contributed by atoms with van der Waals surface area (Å²) in [6.45, 7) is 3.03. The molecule has 0 unspecified atom stereocenters. The quantitative estimate of drug-likeness (QED) is 0.536. The molecule has 0 amide bonds. The van der Waals surface area contributed by atoms with E-state index in [1.807, 2.05) is 6.07 Å². The molecule has 0 spiro atoms. The lowest BCUT2D eigenvalue weighted by molar-refractivity contribution is 0.470. The van der Waals surface area contributed by atoms with Crippen molar-refractivity contribution in [2.24, 2.45) is 0 Å². The minimum absolute atomic E-state index is 0.0110. The summed E-state index contributed by atoms with van der Waals surface area (Å²) in [4.78, 5) is 0. The van der Waals surface area contributed by atoms with Crippen molar-refractivity contribution in [3.05, 3.63) is 11.8 Å². The van der Waals surface area contributed by atoms with Gasteiger partial charge in [-0.15, -0.1) is 0 Å². The highest BCUT2D eigenvalue weighted by Gasteiger charge is 2.11. The van der Waals surface area contributed by atoms with E-state index in [1.165, 1.54) is 64.2 Å². The zero-order valence-corrected chi connectivity index (χ0v) is 14.0. The Balaban J connectivity index is 2.01. The van der Waals surface area contributed by atoms with Crippen LogP contribution in [0.4, 0.5) is 5.82 Å². The summed E-state index contributed by atoms with van der Waals surface area (Å²) < 4.78 is 1.78. The SMILES string of the molecule is CCCCCCCCCCCCCn1cc(O)c(C#N)c1N. The molecule has 0 atom stereocenters. The van der Waals surface area contributed by atoms with Gasteiger partial charge in [0.25, 0.3) is 0 Å². The Morgan fingerprint density at radius 1 is 1.00 bits per heavy atom. The van der Waals surface area contributed by atoms with Crippen molar-refractivity contribution in [3.63, 3.8) is 0 Å². The van der Waals surface area contributed by atoms with Gasteiger partial charge in [-0.25, -0.2) is 0 Å². The predicted octanol–water partition coefficient (Wildman–Crippen LogP) is 4.96. The highest BCUT2D eigenvalue weighted by Crippen LogP contribution is 2.25. The van der Waals surface area contributed by atoms with Crippen LogP contribution in [0.1, 0.15) is 83.1 Å². The third kappa shape index (κ3) is 6.43. The number of anilines is 1. The van der Waals surface area contributed by atoms with E-state index in [4.69, 9.17) is 11.0 Å². The predicted molar refractivity (Wildman–Crippen MR) is 91.7 cm³/mol. The van der Waals surface area contributed by atoms with Gasteiger partial charge in [-0.05, 0) is 6.42 Å². The average Bonchev–Trinajstić information content (AvgIpc) is 2.78. The number of aromatic hydroxyl groups is 1. The van der Waals surface area contributed by atoms with Crippen LogP contribution in [0.2, 0.25) is 0 Å². The number of nitrogens with zero attached hydrogens (tertiary/aromatic N) is 2. The van der Waals surface area contributed by atoms with E-state index in [9.17, 15) is 5.11 Å². The number of nitriles is 1. The van der Waals surface area contributed by atoms with E-state index in [0.717, 1.165) is 13.0 Å². The van der Waals surface area contributed by atoms with Gasteiger partial charge < -0.3 is 15.4 Å². The standard InChI is InChI=1S/C18H31N3O/c1-2-3-4-5-6-7-8-9-10-11-12-13-21-15-17(22)16(14-19)18(21)20/h15,22H,2-13,20H2,1H3.